The first-order valence-corrected chi connectivity index (χ1v) is 7.81. The van der Waals surface area contributed by atoms with Crippen LogP contribution in [0.3, 0.4) is 0 Å². The lowest BCUT2D eigenvalue weighted by Gasteiger charge is -2.22. The first-order chi connectivity index (χ1) is 9.81. The zero-order chi connectivity index (χ0) is 13.8. The first-order valence-electron chi connectivity index (χ1n) is 7.44. The van der Waals surface area contributed by atoms with Crippen molar-refractivity contribution in [3.8, 4) is 0 Å². The molecule has 0 unspecified atom stereocenters. The predicted octanol–water partition coefficient (Wildman–Crippen LogP) is 6.13. The molecule has 0 atom stereocenters. The van der Waals surface area contributed by atoms with Gasteiger partial charge in [-0.3, -0.25) is 0 Å². The van der Waals surface area contributed by atoms with Crippen LogP contribution in [0.15, 0.2) is 48.5 Å². The summed E-state index contributed by atoms with van der Waals surface area (Å²) in [7, 11) is 0. The number of halogens is 1. The molecule has 104 valence electrons. The van der Waals surface area contributed by atoms with Crippen LogP contribution in [-0.2, 0) is 0 Å². The molecule has 1 saturated carbocycles. The fourth-order valence-corrected chi connectivity index (χ4v) is 3.10. The molecule has 2 aromatic carbocycles. The van der Waals surface area contributed by atoms with Gasteiger partial charge in [0, 0.05) is 16.4 Å². The Bertz CT molecular complexity index is 539. The van der Waals surface area contributed by atoms with E-state index in [1.165, 1.54) is 37.7 Å². The highest BCUT2D eigenvalue weighted by atomic mass is 35.5. The van der Waals surface area contributed by atoms with E-state index in [9.17, 15) is 0 Å². The largest absolute Gasteiger partial charge is 0.356 e. The molecule has 2 aromatic rings. The Morgan fingerprint density at radius 1 is 0.750 bits per heavy atom. The van der Waals surface area contributed by atoms with E-state index < -0.39 is 0 Å². The normalized spacial score (nSPS) is 16.1. The van der Waals surface area contributed by atoms with Crippen molar-refractivity contribution in [3.63, 3.8) is 0 Å². The Kier molecular flexibility index (Phi) is 4.27. The standard InChI is InChI=1S/C18H20ClN/c19-16-8-12-18(13-9-16)20-17-10-6-15(7-11-17)14-4-2-1-3-5-14/h6-14,20H,1-5H2. The summed E-state index contributed by atoms with van der Waals surface area (Å²) in [6, 6.07) is 16.7. The topological polar surface area (TPSA) is 12.0 Å². The summed E-state index contributed by atoms with van der Waals surface area (Å²) in [5, 5.41) is 4.17. The van der Waals surface area contributed by atoms with E-state index in [-0.39, 0.29) is 0 Å². The van der Waals surface area contributed by atoms with Crippen LogP contribution in [0.25, 0.3) is 0 Å². The third-order valence-corrected chi connectivity index (χ3v) is 4.37. The Hall–Kier alpha value is -1.47. The smallest absolute Gasteiger partial charge is 0.0407 e. The SMILES string of the molecule is Clc1ccc(Nc2ccc(C3CCCCC3)cc2)cc1. The van der Waals surface area contributed by atoms with Crippen molar-refractivity contribution in [1.29, 1.82) is 0 Å². The van der Waals surface area contributed by atoms with Gasteiger partial charge in [-0.2, -0.15) is 0 Å². The van der Waals surface area contributed by atoms with Crippen molar-refractivity contribution in [2.45, 2.75) is 38.0 Å². The maximum atomic E-state index is 5.89. The van der Waals surface area contributed by atoms with E-state index in [1.54, 1.807) is 0 Å². The van der Waals surface area contributed by atoms with Crippen LogP contribution in [-0.4, -0.2) is 0 Å². The summed E-state index contributed by atoms with van der Waals surface area (Å²) < 4.78 is 0. The minimum atomic E-state index is 0.767. The van der Waals surface area contributed by atoms with E-state index in [0.29, 0.717) is 0 Å². The molecule has 1 fully saturated rings. The molecule has 0 spiro atoms. The maximum absolute atomic E-state index is 5.89. The van der Waals surface area contributed by atoms with Crippen molar-refractivity contribution in [2.24, 2.45) is 0 Å². The monoisotopic (exact) mass is 285 g/mol. The lowest BCUT2D eigenvalue weighted by Crippen LogP contribution is -2.04. The fraction of sp³-hybridized carbons (Fsp3) is 0.333. The number of hydrogen-bond donors (Lipinski definition) is 1. The van der Waals surface area contributed by atoms with Crippen LogP contribution in [0.5, 0.6) is 0 Å². The summed E-state index contributed by atoms with van der Waals surface area (Å²) in [5.74, 6) is 0.772. The summed E-state index contributed by atoms with van der Waals surface area (Å²) >= 11 is 5.89. The maximum Gasteiger partial charge on any atom is 0.0407 e. The fourth-order valence-electron chi connectivity index (χ4n) is 2.97. The molecule has 2 heteroatoms. The van der Waals surface area contributed by atoms with Gasteiger partial charge in [-0.05, 0) is 60.7 Å². The second-order valence-corrected chi connectivity index (χ2v) is 6.03. The Morgan fingerprint density at radius 2 is 1.30 bits per heavy atom. The third-order valence-electron chi connectivity index (χ3n) is 4.12. The molecule has 3 rings (SSSR count). The average Bonchev–Trinajstić information content (AvgIpc) is 2.51. The van der Waals surface area contributed by atoms with Crippen LogP contribution >= 0.6 is 11.6 Å². The molecule has 0 aliphatic heterocycles. The first kappa shape index (κ1) is 13.5. The quantitative estimate of drug-likeness (QED) is 0.715. The number of hydrogen-bond acceptors (Lipinski definition) is 1. The molecule has 0 heterocycles. The average molecular weight is 286 g/mol. The zero-order valence-electron chi connectivity index (χ0n) is 11.6. The van der Waals surface area contributed by atoms with Gasteiger partial charge in [-0.25, -0.2) is 0 Å². The number of nitrogens with one attached hydrogen (secondary N) is 1. The second kappa shape index (κ2) is 6.32. The van der Waals surface area contributed by atoms with Crippen LogP contribution in [0.4, 0.5) is 11.4 Å². The van der Waals surface area contributed by atoms with Crippen molar-refractivity contribution >= 4 is 23.0 Å². The number of benzene rings is 2. The molecule has 0 amide bonds. The summed E-state index contributed by atoms with van der Waals surface area (Å²) in [6.45, 7) is 0. The van der Waals surface area contributed by atoms with E-state index in [1.807, 2.05) is 24.3 Å². The van der Waals surface area contributed by atoms with E-state index in [2.05, 4.69) is 29.6 Å². The van der Waals surface area contributed by atoms with Gasteiger partial charge < -0.3 is 5.32 Å². The van der Waals surface area contributed by atoms with Crippen LogP contribution in [0.1, 0.15) is 43.6 Å². The van der Waals surface area contributed by atoms with Gasteiger partial charge in [0.2, 0.25) is 0 Å². The molecule has 1 aliphatic carbocycles. The summed E-state index contributed by atoms with van der Waals surface area (Å²) in [5.41, 5.74) is 3.69. The van der Waals surface area contributed by atoms with Crippen LogP contribution in [0, 0.1) is 0 Å². The van der Waals surface area contributed by atoms with E-state index in [0.717, 1.165) is 22.3 Å². The highest BCUT2D eigenvalue weighted by molar-refractivity contribution is 6.30. The highest BCUT2D eigenvalue weighted by Gasteiger charge is 2.14. The number of anilines is 2. The molecule has 0 radical (unpaired) electrons. The van der Waals surface area contributed by atoms with Crippen molar-refractivity contribution in [3.05, 3.63) is 59.1 Å². The third kappa shape index (κ3) is 3.34. The predicted molar refractivity (Wildman–Crippen MR) is 87.0 cm³/mol. The van der Waals surface area contributed by atoms with Crippen LogP contribution in [0.2, 0.25) is 5.02 Å². The molecular weight excluding hydrogens is 266 g/mol. The van der Waals surface area contributed by atoms with Crippen molar-refractivity contribution < 1.29 is 0 Å². The van der Waals surface area contributed by atoms with Crippen molar-refractivity contribution in [1.82, 2.24) is 0 Å². The summed E-state index contributed by atoms with van der Waals surface area (Å²) in [6.07, 6.45) is 6.88. The molecule has 0 bridgehead atoms. The molecular formula is C18H20ClN. The van der Waals surface area contributed by atoms with E-state index >= 15 is 0 Å². The van der Waals surface area contributed by atoms with Crippen molar-refractivity contribution in [2.75, 3.05) is 5.32 Å². The van der Waals surface area contributed by atoms with Gasteiger partial charge in [0.05, 0.1) is 0 Å². The molecule has 0 saturated heterocycles. The van der Waals surface area contributed by atoms with Gasteiger partial charge in [-0.1, -0.05) is 43.0 Å². The van der Waals surface area contributed by atoms with Gasteiger partial charge in [0.1, 0.15) is 0 Å². The molecule has 1 aliphatic rings. The van der Waals surface area contributed by atoms with Gasteiger partial charge in [-0.15, -0.1) is 0 Å². The zero-order valence-corrected chi connectivity index (χ0v) is 12.4. The Morgan fingerprint density at radius 3 is 1.90 bits per heavy atom. The molecule has 20 heavy (non-hydrogen) atoms. The molecule has 1 nitrogen and oxygen atoms in total. The van der Waals surface area contributed by atoms with Gasteiger partial charge in [0.25, 0.3) is 0 Å². The van der Waals surface area contributed by atoms with Gasteiger partial charge in [0.15, 0.2) is 0 Å². The minimum absolute atomic E-state index is 0.767. The lowest BCUT2D eigenvalue weighted by atomic mass is 9.84. The second-order valence-electron chi connectivity index (χ2n) is 5.59. The minimum Gasteiger partial charge on any atom is -0.356 e. The highest BCUT2D eigenvalue weighted by Crippen LogP contribution is 2.33. The Balaban J connectivity index is 1.67. The molecule has 0 aromatic heterocycles. The molecule has 1 N–H and O–H groups in total. The van der Waals surface area contributed by atoms with Gasteiger partial charge >= 0.3 is 0 Å². The summed E-state index contributed by atoms with van der Waals surface area (Å²) in [4.78, 5) is 0. The van der Waals surface area contributed by atoms with Crippen LogP contribution < -0.4 is 5.32 Å². The Labute approximate surface area is 126 Å². The lowest BCUT2D eigenvalue weighted by molar-refractivity contribution is 0.443. The number of rotatable bonds is 3. The van der Waals surface area contributed by atoms with E-state index in [4.69, 9.17) is 11.6 Å².